The Morgan fingerprint density at radius 1 is 1.22 bits per heavy atom. The number of hydrogen-bond acceptors (Lipinski definition) is 3. The van der Waals surface area contributed by atoms with Gasteiger partial charge in [0, 0.05) is 34.0 Å². The minimum absolute atomic E-state index is 0.130. The third kappa shape index (κ3) is 3.19. The van der Waals surface area contributed by atoms with Crippen LogP contribution in [-0.4, -0.2) is 17.0 Å². The smallest absolute Gasteiger partial charge is 0.115 e. The Labute approximate surface area is 116 Å². The fourth-order valence-corrected chi connectivity index (χ4v) is 2.27. The average Bonchev–Trinajstić information content (AvgIpc) is 2.39. The van der Waals surface area contributed by atoms with Gasteiger partial charge in [0.2, 0.25) is 0 Å². The van der Waals surface area contributed by atoms with Crippen molar-refractivity contribution in [2.75, 3.05) is 7.05 Å². The van der Waals surface area contributed by atoms with E-state index in [1.165, 1.54) is 6.33 Å². The predicted octanol–water partition coefficient (Wildman–Crippen LogP) is 3.29. The van der Waals surface area contributed by atoms with Crippen molar-refractivity contribution in [2.24, 2.45) is 0 Å². The van der Waals surface area contributed by atoms with Crippen molar-refractivity contribution in [3.8, 4) is 0 Å². The minimum Gasteiger partial charge on any atom is -0.313 e. The first kappa shape index (κ1) is 13.3. The second kappa shape index (κ2) is 6.14. The molecule has 0 aliphatic carbocycles. The molecule has 0 saturated carbocycles. The van der Waals surface area contributed by atoms with Crippen molar-refractivity contribution in [2.45, 2.75) is 12.5 Å². The molecule has 0 aliphatic rings. The Kier molecular flexibility index (Phi) is 4.53. The third-order valence-electron chi connectivity index (χ3n) is 2.77. The minimum atomic E-state index is 0.130. The maximum Gasteiger partial charge on any atom is 0.115 e. The summed E-state index contributed by atoms with van der Waals surface area (Å²) in [7, 11) is 1.90. The highest BCUT2D eigenvalue weighted by Crippen LogP contribution is 2.25. The third-order valence-corrected chi connectivity index (χ3v) is 3.36. The van der Waals surface area contributed by atoms with Gasteiger partial charge in [-0.15, -0.1) is 0 Å². The van der Waals surface area contributed by atoms with E-state index < -0.39 is 0 Å². The Hall–Kier alpha value is -1.16. The molecule has 1 N–H and O–H groups in total. The van der Waals surface area contributed by atoms with Crippen molar-refractivity contribution in [3.63, 3.8) is 0 Å². The SMILES string of the molecule is CNC(Cc1ccc(Cl)cc1Cl)c1cncnc1. The van der Waals surface area contributed by atoms with Crippen LogP contribution in [0.2, 0.25) is 10.0 Å². The number of benzene rings is 1. The molecule has 0 saturated heterocycles. The first-order valence-electron chi connectivity index (χ1n) is 5.57. The summed E-state index contributed by atoms with van der Waals surface area (Å²) in [5.41, 5.74) is 2.08. The Morgan fingerprint density at radius 3 is 2.56 bits per heavy atom. The van der Waals surface area contributed by atoms with E-state index in [-0.39, 0.29) is 6.04 Å². The van der Waals surface area contributed by atoms with Gasteiger partial charge in [-0.25, -0.2) is 9.97 Å². The maximum absolute atomic E-state index is 6.17. The number of nitrogens with zero attached hydrogens (tertiary/aromatic N) is 2. The monoisotopic (exact) mass is 281 g/mol. The van der Waals surface area contributed by atoms with Crippen LogP contribution < -0.4 is 5.32 Å². The largest absolute Gasteiger partial charge is 0.313 e. The van der Waals surface area contributed by atoms with Gasteiger partial charge in [-0.3, -0.25) is 0 Å². The first-order valence-corrected chi connectivity index (χ1v) is 6.32. The topological polar surface area (TPSA) is 37.8 Å². The van der Waals surface area contributed by atoms with Crippen molar-refractivity contribution in [3.05, 3.63) is 58.1 Å². The van der Waals surface area contributed by atoms with Crippen LogP contribution in [0.5, 0.6) is 0 Å². The number of nitrogens with one attached hydrogen (secondary N) is 1. The summed E-state index contributed by atoms with van der Waals surface area (Å²) in [6, 6.07) is 5.67. The lowest BCUT2D eigenvalue weighted by Crippen LogP contribution is -2.19. The lowest BCUT2D eigenvalue weighted by atomic mass is 10.0. The fourth-order valence-electron chi connectivity index (χ4n) is 1.78. The molecule has 1 unspecified atom stereocenters. The van der Waals surface area contributed by atoms with Crippen molar-refractivity contribution in [1.82, 2.24) is 15.3 Å². The normalized spacial score (nSPS) is 12.4. The van der Waals surface area contributed by atoms with Crippen LogP contribution in [-0.2, 0) is 6.42 Å². The highest BCUT2D eigenvalue weighted by Gasteiger charge is 2.12. The molecule has 1 aromatic heterocycles. The summed E-state index contributed by atoms with van der Waals surface area (Å²) < 4.78 is 0. The van der Waals surface area contributed by atoms with Crippen LogP contribution in [0.3, 0.4) is 0 Å². The molecule has 2 aromatic rings. The molecule has 1 aromatic carbocycles. The number of halogens is 2. The fraction of sp³-hybridized carbons (Fsp3) is 0.231. The van der Waals surface area contributed by atoms with Crippen molar-refractivity contribution in [1.29, 1.82) is 0 Å². The van der Waals surface area contributed by atoms with Crippen molar-refractivity contribution < 1.29 is 0 Å². The molecule has 18 heavy (non-hydrogen) atoms. The Morgan fingerprint density at radius 2 is 1.94 bits per heavy atom. The molecule has 0 fully saturated rings. The lowest BCUT2D eigenvalue weighted by Gasteiger charge is -2.16. The first-order chi connectivity index (χ1) is 8.70. The molecule has 0 bridgehead atoms. The van der Waals surface area contributed by atoms with Gasteiger partial charge in [-0.05, 0) is 31.2 Å². The van der Waals surface area contributed by atoms with E-state index in [2.05, 4.69) is 15.3 Å². The van der Waals surface area contributed by atoms with Crippen molar-refractivity contribution >= 4 is 23.2 Å². The standard InChI is InChI=1S/C13H13Cl2N3/c1-16-13(10-6-17-8-18-7-10)4-9-2-3-11(14)5-12(9)15/h2-3,5-8,13,16H,4H2,1H3. The molecule has 0 aliphatic heterocycles. The molecule has 94 valence electrons. The molecule has 0 radical (unpaired) electrons. The van der Waals surface area contributed by atoms with Crippen LogP contribution in [0.15, 0.2) is 36.9 Å². The molecule has 0 spiro atoms. The maximum atomic E-state index is 6.17. The van der Waals surface area contributed by atoms with Gasteiger partial charge < -0.3 is 5.32 Å². The van der Waals surface area contributed by atoms with E-state index in [9.17, 15) is 0 Å². The van der Waals surface area contributed by atoms with Crippen LogP contribution in [0.25, 0.3) is 0 Å². The van der Waals surface area contributed by atoms with E-state index in [0.717, 1.165) is 17.5 Å². The average molecular weight is 282 g/mol. The summed E-state index contributed by atoms with van der Waals surface area (Å²) >= 11 is 12.1. The zero-order chi connectivity index (χ0) is 13.0. The summed E-state index contributed by atoms with van der Waals surface area (Å²) in [6.07, 6.45) is 5.89. The van der Waals surface area contributed by atoms with Gasteiger partial charge in [0.15, 0.2) is 0 Å². The van der Waals surface area contributed by atoms with E-state index >= 15 is 0 Å². The van der Waals surface area contributed by atoms with Gasteiger partial charge in [0.1, 0.15) is 6.33 Å². The number of likely N-dealkylation sites (N-methyl/N-ethyl adjacent to an activating group) is 1. The van der Waals surface area contributed by atoms with Gasteiger partial charge in [0.25, 0.3) is 0 Å². The van der Waals surface area contributed by atoms with Crippen LogP contribution in [0.1, 0.15) is 17.2 Å². The summed E-state index contributed by atoms with van der Waals surface area (Å²) in [4.78, 5) is 8.05. The number of hydrogen-bond donors (Lipinski definition) is 1. The van der Waals surface area contributed by atoms with E-state index in [4.69, 9.17) is 23.2 Å². The highest BCUT2D eigenvalue weighted by molar-refractivity contribution is 6.35. The van der Waals surface area contributed by atoms with E-state index in [1.807, 2.05) is 19.2 Å². The molecule has 2 rings (SSSR count). The van der Waals surface area contributed by atoms with Crippen LogP contribution in [0.4, 0.5) is 0 Å². The molecule has 3 nitrogen and oxygen atoms in total. The molecule has 5 heteroatoms. The summed E-state index contributed by atoms with van der Waals surface area (Å²) in [5, 5.41) is 4.56. The summed E-state index contributed by atoms with van der Waals surface area (Å²) in [5.74, 6) is 0. The molecule has 1 atom stereocenters. The predicted molar refractivity (Wildman–Crippen MR) is 74.0 cm³/mol. The molecule has 0 amide bonds. The second-order valence-electron chi connectivity index (χ2n) is 3.95. The van der Waals surface area contributed by atoms with Crippen LogP contribution >= 0.6 is 23.2 Å². The number of aromatic nitrogens is 2. The van der Waals surface area contributed by atoms with E-state index in [1.54, 1.807) is 18.5 Å². The van der Waals surface area contributed by atoms with Gasteiger partial charge in [0.05, 0.1) is 0 Å². The highest BCUT2D eigenvalue weighted by atomic mass is 35.5. The molecular formula is C13H13Cl2N3. The zero-order valence-corrected chi connectivity index (χ0v) is 11.4. The Bertz CT molecular complexity index is 517. The Balaban J connectivity index is 2.21. The quantitative estimate of drug-likeness (QED) is 0.935. The van der Waals surface area contributed by atoms with Gasteiger partial charge in [-0.2, -0.15) is 0 Å². The van der Waals surface area contributed by atoms with Crippen LogP contribution in [0, 0.1) is 0 Å². The van der Waals surface area contributed by atoms with Gasteiger partial charge in [-0.1, -0.05) is 29.3 Å². The van der Waals surface area contributed by atoms with E-state index in [0.29, 0.717) is 10.0 Å². The second-order valence-corrected chi connectivity index (χ2v) is 4.80. The lowest BCUT2D eigenvalue weighted by molar-refractivity contribution is 0.587. The summed E-state index contributed by atoms with van der Waals surface area (Å²) in [6.45, 7) is 0. The van der Waals surface area contributed by atoms with Gasteiger partial charge >= 0.3 is 0 Å². The molecular weight excluding hydrogens is 269 g/mol. The molecule has 1 heterocycles. The zero-order valence-electron chi connectivity index (χ0n) is 9.90. The number of rotatable bonds is 4.